The normalized spacial score (nSPS) is 10.9. The van der Waals surface area contributed by atoms with Gasteiger partial charge in [0.15, 0.2) is 5.69 Å². The molecule has 0 atom stereocenters. The van der Waals surface area contributed by atoms with Crippen molar-refractivity contribution in [3.05, 3.63) is 85.1 Å². The lowest BCUT2D eigenvalue weighted by Crippen LogP contribution is -2.25. The molecule has 0 radical (unpaired) electrons. The van der Waals surface area contributed by atoms with Crippen molar-refractivity contribution in [3.63, 3.8) is 0 Å². The third-order valence-corrected chi connectivity index (χ3v) is 6.25. The summed E-state index contributed by atoms with van der Waals surface area (Å²) in [5.41, 5.74) is 1.17. The maximum atomic E-state index is 13.4. The molecule has 0 fully saturated rings. The molecule has 1 amide bonds. The minimum Gasteiger partial charge on any atom is -0.461 e. The zero-order chi connectivity index (χ0) is 23.7. The Morgan fingerprint density at radius 1 is 1.15 bits per heavy atom. The molecule has 2 aromatic heterocycles. The number of carbonyl (C=O) groups is 2. The van der Waals surface area contributed by atoms with Crippen molar-refractivity contribution in [2.45, 2.75) is 13.8 Å². The molecule has 0 bridgehead atoms. The van der Waals surface area contributed by atoms with Crippen LogP contribution in [0.3, 0.4) is 0 Å². The van der Waals surface area contributed by atoms with Crippen LogP contribution in [0.1, 0.15) is 33.3 Å². The van der Waals surface area contributed by atoms with Crippen LogP contribution in [0, 0.1) is 6.92 Å². The van der Waals surface area contributed by atoms with Crippen LogP contribution in [0.25, 0.3) is 16.5 Å². The zero-order valence-electron chi connectivity index (χ0n) is 17.5. The van der Waals surface area contributed by atoms with Crippen molar-refractivity contribution < 1.29 is 14.3 Å². The lowest BCUT2D eigenvalue weighted by molar-refractivity contribution is 0.0520. The molecule has 10 heteroatoms. The average molecular weight is 502 g/mol. The lowest BCUT2D eigenvalue weighted by Gasteiger charge is -2.10. The van der Waals surface area contributed by atoms with Crippen LogP contribution in [0.5, 0.6) is 0 Å². The molecule has 0 saturated heterocycles. The van der Waals surface area contributed by atoms with E-state index in [2.05, 4.69) is 10.4 Å². The number of hydrogen-bond acceptors (Lipinski definition) is 6. The summed E-state index contributed by atoms with van der Waals surface area (Å²) in [6.45, 7) is 3.75. The van der Waals surface area contributed by atoms with Crippen LogP contribution < -0.4 is 10.9 Å². The number of amides is 1. The van der Waals surface area contributed by atoms with Crippen molar-refractivity contribution in [2.24, 2.45) is 0 Å². The summed E-state index contributed by atoms with van der Waals surface area (Å²) in [7, 11) is 0. The predicted octanol–water partition coefficient (Wildman–Crippen LogP) is 5.49. The third kappa shape index (κ3) is 4.50. The molecule has 0 unspecified atom stereocenters. The van der Waals surface area contributed by atoms with Gasteiger partial charge in [0.05, 0.1) is 28.3 Å². The Kier molecular flexibility index (Phi) is 6.51. The minimum absolute atomic E-state index is 0.0201. The van der Waals surface area contributed by atoms with E-state index in [1.54, 1.807) is 30.5 Å². The first-order valence-corrected chi connectivity index (χ1v) is 11.5. The highest BCUT2D eigenvalue weighted by molar-refractivity contribution is 7.16. The largest absolute Gasteiger partial charge is 0.461 e. The number of anilines is 1. The number of hydrogen-bond donors (Lipinski definition) is 1. The van der Waals surface area contributed by atoms with Gasteiger partial charge < -0.3 is 10.1 Å². The smallest absolute Gasteiger partial charge is 0.359 e. The standard InChI is InChI=1S/C23H17Cl2N3O4S/c1-3-32-23(31)19-16-11-33-21(26-20(29)15-9-6-13(24)10-17(15)25)18(16)22(30)28(27-19)14-7-4-12(2)5-8-14/h4-11H,3H2,1-2H3,(H,26,29). The third-order valence-electron chi connectivity index (χ3n) is 4.80. The number of rotatable bonds is 5. The van der Waals surface area contributed by atoms with E-state index in [0.717, 1.165) is 21.6 Å². The fourth-order valence-electron chi connectivity index (χ4n) is 3.20. The molecule has 168 valence electrons. The van der Waals surface area contributed by atoms with Gasteiger partial charge in [-0.05, 0) is 44.2 Å². The number of thiophene rings is 1. The molecule has 0 aliphatic rings. The SMILES string of the molecule is CCOC(=O)c1nn(-c2ccc(C)cc2)c(=O)c2c(NC(=O)c3ccc(Cl)cc3Cl)scc12. The Balaban J connectivity index is 1.88. The van der Waals surface area contributed by atoms with Crippen LogP contribution in [-0.2, 0) is 4.74 Å². The van der Waals surface area contributed by atoms with E-state index in [0.29, 0.717) is 16.1 Å². The van der Waals surface area contributed by atoms with Crippen LogP contribution in [0.2, 0.25) is 10.0 Å². The molecule has 0 aliphatic carbocycles. The topological polar surface area (TPSA) is 90.3 Å². The van der Waals surface area contributed by atoms with E-state index in [4.69, 9.17) is 27.9 Å². The number of halogens is 2. The van der Waals surface area contributed by atoms with Gasteiger partial charge in [0, 0.05) is 15.8 Å². The van der Waals surface area contributed by atoms with Gasteiger partial charge in [-0.3, -0.25) is 9.59 Å². The summed E-state index contributed by atoms with van der Waals surface area (Å²) in [5, 5.41) is 9.88. The number of nitrogens with zero attached hydrogens (tertiary/aromatic N) is 2. The van der Waals surface area contributed by atoms with E-state index >= 15 is 0 Å². The predicted molar refractivity (Wildman–Crippen MR) is 130 cm³/mol. The molecule has 4 rings (SSSR count). The Morgan fingerprint density at radius 2 is 1.88 bits per heavy atom. The van der Waals surface area contributed by atoms with Crippen molar-refractivity contribution in [1.29, 1.82) is 0 Å². The number of benzene rings is 2. The summed E-state index contributed by atoms with van der Waals surface area (Å²) in [6, 6.07) is 11.6. The van der Waals surface area contributed by atoms with Gasteiger partial charge >= 0.3 is 5.97 Å². The van der Waals surface area contributed by atoms with Crippen molar-refractivity contribution in [3.8, 4) is 5.69 Å². The van der Waals surface area contributed by atoms with Gasteiger partial charge in [-0.2, -0.15) is 9.78 Å². The number of ether oxygens (including phenoxy) is 1. The Hall–Kier alpha value is -3.20. The molecule has 4 aromatic rings. The van der Waals surface area contributed by atoms with Gasteiger partial charge in [0.1, 0.15) is 5.00 Å². The summed E-state index contributed by atoms with van der Waals surface area (Å²) < 4.78 is 6.27. The highest BCUT2D eigenvalue weighted by Gasteiger charge is 2.23. The molecule has 33 heavy (non-hydrogen) atoms. The number of aromatic nitrogens is 2. The molecule has 0 spiro atoms. The second kappa shape index (κ2) is 9.35. The fourth-order valence-corrected chi connectivity index (χ4v) is 4.62. The molecule has 2 heterocycles. The highest BCUT2D eigenvalue weighted by atomic mass is 35.5. The Bertz CT molecular complexity index is 1440. The van der Waals surface area contributed by atoms with Crippen LogP contribution in [-0.4, -0.2) is 28.3 Å². The summed E-state index contributed by atoms with van der Waals surface area (Å²) in [5.74, 6) is -1.18. The van der Waals surface area contributed by atoms with E-state index in [-0.39, 0.29) is 33.3 Å². The molecular formula is C23H17Cl2N3O4S. The van der Waals surface area contributed by atoms with Gasteiger partial charge in [-0.25, -0.2) is 4.79 Å². The highest BCUT2D eigenvalue weighted by Crippen LogP contribution is 2.32. The molecule has 1 N–H and O–H groups in total. The summed E-state index contributed by atoms with van der Waals surface area (Å²) in [6.07, 6.45) is 0. The van der Waals surface area contributed by atoms with E-state index in [1.165, 1.54) is 12.1 Å². The zero-order valence-corrected chi connectivity index (χ0v) is 19.8. The van der Waals surface area contributed by atoms with E-state index < -0.39 is 17.4 Å². The number of aryl methyl sites for hydroxylation is 1. The quantitative estimate of drug-likeness (QED) is 0.365. The number of carbonyl (C=O) groups excluding carboxylic acids is 2. The van der Waals surface area contributed by atoms with E-state index in [9.17, 15) is 14.4 Å². The molecule has 7 nitrogen and oxygen atoms in total. The van der Waals surface area contributed by atoms with Crippen LogP contribution in [0.4, 0.5) is 5.00 Å². The maximum Gasteiger partial charge on any atom is 0.359 e. The van der Waals surface area contributed by atoms with Crippen molar-refractivity contribution in [2.75, 3.05) is 11.9 Å². The van der Waals surface area contributed by atoms with E-state index in [1.807, 2.05) is 19.1 Å². The monoisotopic (exact) mass is 501 g/mol. The first-order chi connectivity index (χ1) is 15.8. The van der Waals surface area contributed by atoms with Gasteiger partial charge in [-0.1, -0.05) is 40.9 Å². The maximum absolute atomic E-state index is 13.4. The van der Waals surface area contributed by atoms with Crippen LogP contribution >= 0.6 is 34.5 Å². The van der Waals surface area contributed by atoms with Crippen LogP contribution in [0.15, 0.2) is 52.6 Å². The van der Waals surface area contributed by atoms with Gasteiger partial charge in [0.2, 0.25) is 0 Å². The summed E-state index contributed by atoms with van der Waals surface area (Å²) in [4.78, 5) is 38.9. The first kappa shape index (κ1) is 23.0. The molecular weight excluding hydrogens is 485 g/mol. The van der Waals surface area contributed by atoms with Gasteiger partial charge in [-0.15, -0.1) is 11.3 Å². The molecule has 2 aromatic carbocycles. The fraction of sp³-hybridized carbons (Fsp3) is 0.130. The number of nitrogens with one attached hydrogen (secondary N) is 1. The molecule has 0 saturated carbocycles. The first-order valence-electron chi connectivity index (χ1n) is 9.85. The summed E-state index contributed by atoms with van der Waals surface area (Å²) >= 11 is 13.2. The van der Waals surface area contributed by atoms with Gasteiger partial charge in [0.25, 0.3) is 11.5 Å². The lowest BCUT2D eigenvalue weighted by atomic mass is 10.2. The Morgan fingerprint density at radius 3 is 2.55 bits per heavy atom. The molecule has 0 aliphatic heterocycles. The van der Waals surface area contributed by atoms with Crippen molar-refractivity contribution >= 4 is 62.2 Å². The Labute approximate surface area is 202 Å². The minimum atomic E-state index is -0.667. The second-order valence-corrected chi connectivity index (χ2v) is 8.78. The number of fused-ring (bicyclic) bond motifs is 1. The average Bonchev–Trinajstić information content (AvgIpc) is 3.19. The van der Waals surface area contributed by atoms with Crippen molar-refractivity contribution in [1.82, 2.24) is 9.78 Å². The number of esters is 1. The second-order valence-electron chi connectivity index (χ2n) is 7.05.